The molecule has 0 bridgehead atoms. The standard InChI is InChI=1S/C22H24N4O3S/c1-13-10-16(24-21(28)29-22(3,4)5)11-14(2)18(13)17-12-30-20(25-17)26-19(27)15-6-8-23-9-7-15/h6-12H,1-5H3,(H,24,28)(H,25,26,27). The first-order valence-electron chi connectivity index (χ1n) is 9.41. The van der Waals surface area contributed by atoms with Crippen molar-refractivity contribution in [1.82, 2.24) is 9.97 Å². The Bertz CT molecular complexity index is 1050. The highest BCUT2D eigenvalue weighted by Crippen LogP contribution is 2.32. The van der Waals surface area contributed by atoms with Crippen LogP contribution in [0.15, 0.2) is 42.0 Å². The van der Waals surface area contributed by atoms with E-state index in [1.165, 1.54) is 11.3 Å². The largest absolute Gasteiger partial charge is 0.444 e. The van der Waals surface area contributed by atoms with Gasteiger partial charge < -0.3 is 4.74 Å². The molecule has 0 saturated carbocycles. The fraction of sp³-hybridized carbons (Fsp3) is 0.273. The number of aryl methyl sites for hydroxylation is 2. The Kier molecular flexibility index (Phi) is 6.17. The molecule has 0 aliphatic rings. The van der Waals surface area contributed by atoms with Crippen molar-refractivity contribution >= 4 is 34.2 Å². The van der Waals surface area contributed by atoms with Gasteiger partial charge in [-0.3, -0.25) is 20.4 Å². The molecule has 30 heavy (non-hydrogen) atoms. The van der Waals surface area contributed by atoms with Crippen molar-refractivity contribution in [2.75, 3.05) is 10.6 Å². The van der Waals surface area contributed by atoms with E-state index in [1.54, 1.807) is 24.5 Å². The lowest BCUT2D eigenvalue weighted by Gasteiger charge is -2.20. The van der Waals surface area contributed by atoms with Crippen LogP contribution in [0.2, 0.25) is 0 Å². The Morgan fingerprint density at radius 1 is 1.03 bits per heavy atom. The molecule has 1 aromatic carbocycles. The molecule has 3 aromatic rings. The Morgan fingerprint density at radius 3 is 2.27 bits per heavy atom. The summed E-state index contributed by atoms with van der Waals surface area (Å²) >= 11 is 1.36. The molecule has 0 radical (unpaired) electrons. The maximum Gasteiger partial charge on any atom is 0.412 e. The van der Waals surface area contributed by atoms with Gasteiger partial charge in [-0.1, -0.05) is 0 Å². The number of nitrogens with one attached hydrogen (secondary N) is 2. The van der Waals surface area contributed by atoms with Crippen LogP contribution < -0.4 is 10.6 Å². The number of carbonyl (C=O) groups excluding carboxylic acids is 2. The molecule has 2 heterocycles. The summed E-state index contributed by atoms with van der Waals surface area (Å²) in [4.78, 5) is 32.8. The summed E-state index contributed by atoms with van der Waals surface area (Å²) in [6, 6.07) is 7.05. The summed E-state index contributed by atoms with van der Waals surface area (Å²) in [7, 11) is 0. The third kappa shape index (κ3) is 5.42. The number of amides is 2. The van der Waals surface area contributed by atoms with E-state index >= 15 is 0 Å². The van der Waals surface area contributed by atoms with Crippen LogP contribution in [0.4, 0.5) is 15.6 Å². The first-order chi connectivity index (χ1) is 14.1. The average molecular weight is 425 g/mol. The zero-order chi connectivity index (χ0) is 21.9. The minimum Gasteiger partial charge on any atom is -0.444 e. The van der Waals surface area contributed by atoms with Crippen LogP contribution >= 0.6 is 11.3 Å². The molecule has 0 spiro atoms. The number of carbonyl (C=O) groups is 2. The molecule has 2 amide bonds. The highest BCUT2D eigenvalue weighted by atomic mass is 32.1. The predicted molar refractivity (Wildman–Crippen MR) is 119 cm³/mol. The van der Waals surface area contributed by atoms with Crippen molar-refractivity contribution in [3.8, 4) is 11.3 Å². The molecule has 0 atom stereocenters. The maximum absolute atomic E-state index is 12.3. The van der Waals surface area contributed by atoms with E-state index in [0.717, 1.165) is 22.4 Å². The van der Waals surface area contributed by atoms with Crippen molar-refractivity contribution in [3.05, 3.63) is 58.7 Å². The summed E-state index contributed by atoms with van der Waals surface area (Å²) in [6.07, 6.45) is 2.65. The van der Waals surface area contributed by atoms with E-state index in [9.17, 15) is 9.59 Å². The monoisotopic (exact) mass is 424 g/mol. The second-order valence-electron chi connectivity index (χ2n) is 7.84. The van der Waals surface area contributed by atoms with E-state index in [2.05, 4.69) is 20.6 Å². The van der Waals surface area contributed by atoms with Crippen molar-refractivity contribution in [2.24, 2.45) is 0 Å². The van der Waals surface area contributed by atoms with Gasteiger partial charge in [0.2, 0.25) is 0 Å². The minimum absolute atomic E-state index is 0.233. The van der Waals surface area contributed by atoms with Crippen LogP contribution in [0.1, 0.15) is 42.3 Å². The molecule has 0 aliphatic carbocycles. The van der Waals surface area contributed by atoms with Crippen LogP contribution in [0.5, 0.6) is 0 Å². The zero-order valence-corrected chi connectivity index (χ0v) is 18.4. The lowest BCUT2D eigenvalue weighted by Crippen LogP contribution is -2.27. The summed E-state index contributed by atoms with van der Waals surface area (Å²) in [5.41, 5.74) is 4.26. The van der Waals surface area contributed by atoms with Gasteiger partial charge in [-0.2, -0.15) is 0 Å². The smallest absolute Gasteiger partial charge is 0.412 e. The van der Waals surface area contributed by atoms with Gasteiger partial charge in [0.05, 0.1) is 5.69 Å². The van der Waals surface area contributed by atoms with Crippen molar-refractivity contribution in [1.29, 1.82) is 0 Å². The second-order valence-corrected chi connectivity index (χ2v) is 8.70. The molecule has 2 aromatic heterocycles. The first-order valence-corrected chi connectivity index (χ1v) is 10.3. The van der Waals surface area contributed by atoms with Crippen LogP contribution in [-0.4, -0.2) is 27.6 Å². The number of nitrogens with zero attached hydrogens (tertiary/aromatic N) is 2. The topological polar surface area (TPSA) is 93.2 Å². The second kappa shape index (κ2) is 8.62. The van der Waals surface area contributed by atoms with Crippen LogP contribution in [0, 0.1) is 13.8 Å². The number of thiazole rings is 1. The summed E-state index contributed by atoms with van der Waals surface area (Å²) in [5.74, 6) is -0.233. The maximum atomic E-state index is 12.3. The van der Waals surface area contributed by atoms with Gasteiger partial charge in [-0.25, -0.2) is 9.78 Å². The normalized spacial score (nSPS) is 11.1. The number of aromatic nitrogens is 2. The lowest BCUT2D eigenvalue weighted by atomic mass is 9.99. The number of hydrogen-bond acceptors (Lipinski definition) is 6. The summed E-state index contributed by atoms with van der Waals surface area (Å²) in [5, 5.41) is 8.00. The molecule has 156 valence electrons. The fourth-order valence-electron chi connectivity index (χ4n) is 2.98. The van der Waals surface area contributed by atoms with Crippen molar-refractivity contribution in [2.45, 2.75) is 40.2 Å². The van der Waals surface area contributed by atoms with Gasteiger partial charge in [0, 0.05) is 34.6 Å². The Balaban J connectivity index is 1.77. The van der Waals surface area contributed by atoms with Gasteiger partial charge in [-0.15, -0.1) is 11.3 Å². The molecular formula is C22H24N4O3S. The van der Waals surface area contributed by atoms with Gasteiger partial charge in [0.25, 0.3) is 5.91 Å². The van der Waals surface area contributed by atoms with Crippen LogP contribution in [0.25, 0.3) is 11.3 Å². The third-order valence-corrected chi connectivity index (χ3v) is 4.86. The summed E-state index contributed by atoms with van der Waals surface area (Å²) in [6.45, 7) is 9.37. The van der Waals surface area contributed by atoms with E-state index in [1.807, 2.05) is 52.1 Å². The molecule has 7 nitrogen and oxygen atoms in total. The predicted octanol–water partition coefficient (Wildman–Crippen LogP) is 5.42. The molecule has 0 fully saturated rings. The lowest BCUT2D eigenvalue weighted by molar-refractivity contribution is 0.0635. The number of benzene rings is 1. The number of ether oxygens (including phenoxy) is 1. The molecule has 0 saturated heterocycles. The van der Waals surface area contributed by atoms with E-state index in [4.69, 9.17) is 4.74 Å². The molecular weight excluding hydrogens is 400 g/mol. The SMILES string of the molecule is Cc1cc(NC(=O)OC(C)(C)C)cc(C)c1-c1csc(NC(=O)c2ccncc2)n1. The third-order valence-electron chi connectivity index (χ3n) is 4.10. The number of rotatable bonds is 4. The highest BCUT2D eigenvalue weighted by molar-refractivity contribution is 7.14. The van der Waals surface area contributed by atoms with Gasteiger partial charge >= 0.3 is 6.09 Å². The van der Waals surface area contributed by atoms with Crippen molar-refractivity contribution in [3.63, 3.8) is 0 Å². The molecule has 2 N–H and O–H groups in total. The number of anilines is 2. The Hall–Kier alpha value is -3.26. The molecule has 3 rings (SSSR count). The highest BCUT2D eigenvalue weighted by Gasteiger charge is 2.18. The molecule has 0 aliphatic heterocycles. The molecule has 8 heteroatoms. The van der Waals surface area contributed by atoms with Crippen LogP contribution in [-0.2, 0) is 4.74 Å². The van der Waals surface area contributed by atoms with E-state index in [-0.39, 0.29) is 5.91 Å². The minimum atomic E-state index is -0.564. The van der Waals surface area contributed by atoms with Crippen molar-refractivity contribution < 1.29 is 14.3 Å². The van der Waals surface area contributed by atoms with Gasteiger partial charge in [0.15, 0.2) is 5.13 Å². The zero-order valence-electron chi connectivity index (χ0n) is 17.6. The Labute approximate surface area is 179 Å². The van der Waals surface area contributed by atoms with E-state index < -0.39 is 11.7 Å². The van der Waals surface area contributed by atoms with E-state index in [0.29, 0.717) is 16.4 Å². The average Bonchev–Trinajstić information content (AvgIpc) is 3.08. The Morgan fingerprint density at radius 2 is 1.67 bits per heavy atom. The summed E-state index contributed by atoms with van der Waals surface area (Å²) < 4.78 is 5.31. The number of pyridine rings is 1. The first kappa shape index (κ1) is 21.4. The van der Waals surface area contributed by atoms with Crippen LogP contribution in [0.3, 0.4) is 0 Å². The van der Waals surface area contributed by atoms with Gasteiger partial charge in [0.1, 0.15) is 5.60 Å². The fourth-order valence-corrected chi connectivity index (χ4v) is 3.68. The number of hydrogen-bond donors (Lipinski definition) is 2. The molecule has 0 unspecified atom stereocenters. The quantitative estimate of drug-likeness (QED) is 0.583. The van der Waals surface area contributed by atoms with Gasteiger partial charge in [-0.05, 0) is 70.0 Å².